The molecule has 1 aliphatic carbocycles. The Hall–Kier alpha value is -0.980. The predicted octanol–water partition coefficient (Wildman–Crippen LogP) is 3.14. The minimum absolute atomic E-state index is 0.834. The number of hydrogen-bond donors (Lipinski definition) is 1. The van der Waals surface area contributed by atoms with E-state index in [0.29, 0.717) is 0 Å². The van der Waals surface area contributed by atoms with Gasteiger partial charge in [-0.05, 0) is 36.8 Å². The summed E-state index contributed by atoms with van der Waals surface area (Å²) < 4.78 is 0. The van der Waals surface area contributed by atoms with Gasteiger partial charge in [-0.3, -0.25) is 0 Å². The molecule has 0 spiro atoms. The van der Waals surface area contributed by atoms with Crippen LogP contribution in [0.2, 0.25) is 0 Å². The highest BCUT2D eigenvalue weighted by Crippen LogP contribution is 2.36. The zero-order chi connectivity index (χ0) is 9.10. The first kappa shape index (κ1) is 8.61. The molecule has 0 aromatic heterocycles. The zero-order valence-corrected chi connectivity index (χ0v) is 8.16. The Morgan fingerprint density at radius 3 is 2.62 bits per heavy atom. The maximum Gasteiger partial charge on any atom is 0.0340 e. The van der Waals surface area contributed by atoms with Crippen LogP contribution in [0.5, 0.6) is 0 Å². The number of nitrogens with one attached hydrogen (secondary N) is 1. The molecule has 0 saturated heterocycles. The van der Waals surface area contributed by atoms with E-state index in [1.807, 2.05) is 0 Å². The Bertz CT molecular complexity index is 251. The molecule has 1 fully saturated rings. The molecule has 1 heteroatoms. The van der Waals surface area contributed by atoms with E-state index in [4.69, 9.17) is 0 Å². The lowest BCUT2D eigenvalue weighted by Gasteiger charge is -2.11. The van der Waals surface area contributed by atoms with Crippen molar-refractivity contribution in [3.8, 4) is 0 Å². The van der Waals surface area contributed by atoms with E-state index in [0.717, 1.165) is 18.4 Å². The number of anilines is 1. The summed E-state index contributed by atoms with van der Waals surface area (Å²) in [4.78, 5) is 0. The molecule has 1 atom stereocenters. The minimum Gasteiger partial charge on any atom is -0.385 e. The van der Waals surface area contributed by atoms with Crippen LogP contribution >= 0.6 is 0 Å². The molecule has 13 heavy (non-hydrogen) atoms. The molecule has 2 rings (SSSR count). The SMILES string of the molecule is CC(CNc1ccccc1)C1CC1. The predicted molar refractivity (Wildman–Crippen MR) is 56.8 cm³/mol. The summed E-state index contributed by atoms with van der Waals surface area (Å²) in [7, 11) is 0. The average Bonchev–Trinajstić information content (AvgIpc) is 2.99. The van der Waals surface area contributed by atoms with Gasteiger partial charge in [-0.25, -0.2) is 0 Å². The maximum absolute atomic E-state index is 3.47. The van der Waals surface area contributed by atoms with Crippen molar-refractivity contribution in [3.63, 3.8) is 0 Å². The van der Waals surface area contributed by atoms with Crippen molar-refractivity contribution in [2.45, 2.75) is 19.8 Å². The van der Waals surface area contributed by atoms with Gasteiger partial charge in [0, 0.05) is 12.2 Å². The van der Waals surface area contributed by atoms with Gasteiger partial charge in [-0.1, -0.05) is 25.1 Å². The molecule has 1 unspecified atom stereocenters. The van der Waals surface area contributed by atoms with E-state index in [1.54, 1.807) is 0 Å². The summed E-state index contributed by atoms with van der Waals surface area (Å²) in [5.41, 5.74) is 1.25. The first-order valence-electron chi connectivity index (χ1n) is 5.15. The Labute approximate surface area is 80.2 Å². The van der Waals surface area contributed by atoms with Gasteiger partial charge in [-0.2, -0.15) is 0 Å². The third-order valence-corrected chi connectivity index (χ3v) is 2.83. The average molecular weight is 175 g/mol. The van der Waals surface area contributed by atoms with Gasteiger partial charge < -0.3 is 5.32 Å². The van der Waals surface area contributed by atoms with Crippen molar-refractivity contribution in [3.05, 3.63) is 30.3 Å². The Kier molecular flexibility index (Phi) is 2.53. The molecule has 1 aromatic rings. The quantitative estimate of drug-likeness (QED) is 0.741. The molecule has 0 heterocycles. The van der Waals surface area contributed by atoms with Gasteiger partial charge in [0.15, 0.2) is 0 Å². The molecule has 1 saturated carbocycles. The van der Waals surface area contributed by atoms with Crippen LogP contribution in [-0.4, -0.2) is 6.54 Å². The van der Waals surface area contributed by atoms with Gasteiger partial charge in [-0.15, -0.1) is 0 Å². The molecular weight excluding hydrogens is 158 g/mol. The highest BCUT2D eigenvalue weighted by Gasteiger charge is 2.27. The third-order valence-electron chi connectivity index (χ3n) is 2.83. The smallest absolute Gasteiger partial charge is 0.0340 e. The molecule has 0 aliphatic heterocycles. The van der Waals surface area contributed by atoms with E-state index in [-0.39, 0.29) is 0 Å². The van der Waals surface area contributed by atoms with Crippen LogP contribution in [0.25, 0.3) is 0 Å². The summed E-state index contributed by atoms with van der Waals surface area (Å²) in [5.74, 6) is 1.83. The van der Waals surface area contributed by atoms with Crippen LogP contribution in [0.4, 0.5) is 5.69 Å². The second-order valence-corrected chi connectivity index (χ2v) is 4.06. The van der Waals surface area contributed by atoms with Crippen molar-refractivity contribution < 1.29 is 0 Å². The van der Waals surface area contributed by atoms with Crippen molar-refractivity contribution in [2.24, 2.45) is 11.8 Å². The van der Waals surface area contributed by atoms with E-state index in [2.05, 4.69) is 42.6 Å². The second kappa shape index (κ2) is 3.82. The molecule has 1 aromatic carbocycles. The molecule has 0 radical (unpaired) electrons. The molecular formula is C12H17N. The molecule has 0 amide bonds. The molecule has 1 N–H and O–H groups in total. The van der Waals surface area contributed by atoms with Crippen LogP contribution in [-0.2, 0) is 0 Å². The Morgan fingerprint density at radius 1 is 1.31 bits per heavy atom. The van der Waals surface area contributed by atoms with Gasteiger partial charge in [0.05, 0.1) is 0 Å². The van der Waals surface area contributed by atoms with E-state index >= 15 is 0 Å². The first-order chi connectivity index (χ1) is 6.36. The third kappa shape index (κ3) is 2.48. The van der Waals surface area contributed by atoms with E-state index in [1.165, 1.54) is 18.5 Å². The normalized spacial score (nSPS) is 18.2. The van der Waals surface area contributed by atoms with Crippen LogP contribution in [0.15, 0.2) is 30.3 Å². The monoisotopic (exact) mass is 175 g/mol. The van der Waals surface area contributed by atoms with Crippen LogP contribution in [0.3, 0.4) is 0 Å². The molecule has 1 aliphatic rings. The van der Waals surface area contributed by atoms with Crippen molar-refractivity contribution in [1.82, 2.24) is 0 Å². The number of benzene rings is 1. The lowest BCUT2D eigenvalue weighted by atomic mass is 10.1. The number of para-hydroxylation sites is 1. The fourth-order valence-electron chi connectivity index (χ4n) is 1.67. The van der Waals surface area contributed by atoms with Crippen molar-refractivity contribution >= 4 is 5.69 Å². The fourth-order valence-corrected chi connectivity index (χ4v) is 1.67. The topological polar surface area (TPSA) is 12.0 Å². The first-order valence-corrected chi connectivity index (χ1v) is 5.15. The van der Waals surface area contributed by atoms with Crippen molar-refractivity contribution in [1.29, 1.82) is 0 Å². The van der Waals surface area contributed by atoms with Crippen molar-refractivity contribution in [2.75, 3.05) is 11.9 Å². The summed E-state index contributed by atoms with van der Waals surface area (Å²) in [6.45, 7) is 3.46. The van der Waals surface area contributed by atoms with Gasteiger partial charge in [0.2, 0.25) is 0 Å². The lowest BCUT2D eigenvalue weighted by Crippen LogP contribution is -2.12. The summed E-state index contributed by atoms with van der Waals surface area (Å²) in [6.07, 6.45) is 2.88. The van der Waals surface area contributed by atoms with Crippen LogP contribution in [0, 0.1) is 11.8 Å². The van der Waals surface area contributed by atoms with Gasteiger partial charge in [0.1, 0.15) is 0 Å². The number of rotatable bonds is 4. The van der Waals surface area contributed by atoms with Gasteiger partial charge in [0.25, 0.3) is 0 Å². The second-order valence-electron chi connectivity index (χ2n) is 4.06. The Balaban J connectivity index is 1.78. The largest absolute Gasteiger partial charge is 0.385 e. The summed E-state index contributed by atoms with van der Waals surface area (Å²) >= 11 is 0. The number of hydrogen-bond acceptors (Lipinski definition) is 1. The highest BCUT2D eigenvalue weighted by molar-refractivity contribution is 5.42. The van der Waals surface area contributed by atoms with E-state index in [9.17, 15) is 0 Å². The van der Waals surface area contributed by atoms with E-state index < -0.39 is 0 Å². The Morgan fingerprint density at radius 2 is 2.00 bits per heavy atom. The standard InChI is InChI=1S/C12H17N/c1-10(11-7-8-11)9-13-12-5-3-2-4-6-12/h2-6,10-11,13H,7-9H2,1H3. The lowest BCUT2D eigenvalue weighted by molar-refractivity contribution is 0.536. The molecule has 1 nitrogen and oxygen atoms in total. The molecule has 0 bridgehead atoms. The molecule has 70 valence electrons. The summed E-state index contributed by atoms with van der Waals surface area (Å²) in [6, 6.07) is 10.4. The maximum atomic E-state index is 3.47. The summed E-state index contributed by atoms with van der Waals surface area (Å²) in [5, 5.41) is 3.47. The fraction of sp³-hybridized carbons (Fsp3) is 0.500. The van der Waals surface area contributed by atoms with Crippen LogP contribution in [0.1, 0.15) is 19.8 Å². The van der Waals surface area contributed by atoms with Gasteiger partial charge >= 0.3 is 0 Å². The zero-order valence-electron chi connectivity index (χ0n) is 8.16. The minimum atomic E-state index is 0.834. The van der Waals surface area contributed by atoms with Crippen LogP contribution < -0.4 is 5.32 Å². The highest BCUT2D eigenvalue weighted by atomic mass is 14.9.